The molecule has 0 aromatic carbocycles. The van der Waals surface area contributed by atoms with Gasteiger partial charge >= 0.3 is 0 Å². The molecule has 13 heavy (non-hydrogen) atoms. The van der Waals surface area contributed by atoms with Gasteiger partial charge in [0.05, 0.1) is 0 Å². The maximum atomic E-state index is 3.66. The van der Waals surface area contributed by atoms with Crippen LogP contribution in [0, 0.1) is 0 Å². The van der Waals surface area contributed by atoms with Gasteiger partial charge in [0.2, 0.25) is 0 Å². The lowest BCUT2D eigenvalue weighted by Gasteiger charge is -2.29. The van der Waals surface area contributed by atoms with E-state index in [2.05, 4.69) is 29.8 Å². The molecule has 0 radical (unpaired) electrons. The maximum Gasteiger partial charge on any atom is 0.00896 e. The van der Waals surface area contributed by atoms with E-state index in [-0.39, 0.29) is 0 Å². The van der Waals surface area contributed by atoms with Crippen molar-refractivity contribution in [2.45, 2.75) is 44.7 Å². The van der Waals surface area contributed by atoms with Gasteiger partial charge in [-0.05, 0) is 37.6 Å². The van der Waals surface area contributed by atoms with Crippen LogP contribution in [0.1, 0.15) is 31.1 Å². The van der Waals surface area contributed by atoms with Crippen LogP contribution in [0.3, 0.4) is 0 Å². The summed E-state index contributed by atoms with van der Waals surface area (Å²) >= 11 is 1.86. The van der Waals surface area contributed by atoms with Crippen molar-refractivity contribution in [1.82, 2.24) is 5.32 Å². The van der Waals surface area contributed by atoms with E-state index in [0.717, 1.165) is 6.04 Å². The summed E-state index contributed by atoms with van der Waals surface area (Å²) in [5, 5.41) is 5.82. The molecular weight excluding hydrogens is 178 g/mol. The molecule has 0 saturated heterocycles. The summed E-state index contributed by atoms with van der Waals surface area (Å²) in [5.74, 6) is 0. The Morgan fingerprint density at radius 2 is 2.46 bits per heavy atom. The van der Waals surface area contributed by atoms with Gasteiger partial charge in [-0.15, -0.1) is 11.3 Å². The standard InChI is InChI=1S/C11H17NS/c1-9(12-10-4-2-5-10)8-11-6-3-7-13-11/h3,6-7,9-10,12H,2,4-5,8H2,1H3. The topological polar surface area (TPSA) is 12.0 Å². The van der Waals surface area contributed by atoms with E-state index in [1.54, 1.807) is 0 Å². The molecule has 0 aliphatic heterocycles. The van der Waals surface area contributed by atoms with E-state index < -0.39 is 0 Å². The van der Waals surface area contributed by atoms with Gasteiger partial charge < -0.3 is 5.32 Å². The van der Waals surface area contributed by atoms with Gasteiger partial charge in [-0.2, -0.15) is 0 Å². The molecule has 0 spiro atoms. The minimum atomic E-state index is 0.643. The van der Waals surface area contributed by atoms with Gasteiger partial charge in [-0.1, -0.05) is 12.5 Å². The summed E-state index contributed by atoms with van der Waals surface area (Å²) < 4.78 is 0. The molecule has 1 aromatic rings. The predicted molar refractivity (Wildman–Crippen MR) is 58.3 cm³/mol. The molecule has 1 unspecified atom stereocenters. The highest BCUT2D eigenvalue weighted by atomic mass is 32.1. The summed E-state index contributed by atoms with van der Waals surface area (Å²) in [6, 6.07) is 5.82. The highest BCUT2D eigenvalue weighted by molar-refractivity contribution is 7.09. The van der Waals surface area contributed by atoms with E-state index in [1.807, 2.05) is 11.3 Å². The second kappa shape index (κ2) is 4.25. The first kappa shape index (κ1) is 9.22. The van der Waals surface area contributed by atoms with Crippen LogP contribution in [0.4, 0.5) is 0 Å². The third-order valence-electron chi connectivity index (χ3n) is 2.71. The van der Waals surface area contributed by atoms with Crippen LogP contribution < -0.4 is 5.32 Å². The number of thiophene rings is 1. The van der Waals surface area contributed by atoms with Crippen molar-refractivity contribution in [2.75, 3.05) is 0 Å². The molecule has 2 heteroatoms. The SMILES string of the molecule is CC(Cc1cccs1)NC1CCC1. The van der Waals surface area contributed by atoms with Crippen LogP contribution >= 0.6 is 11.3 Å². The van der Waals surface area contributed by atoms with E-state index in [0.29, 0.717) is 6.04 Å². The van der Waals surface area contributed by atoms with Crippen LogP contribution in [0.5, 0.6) is 0 Å². The Morgan fingerprint density at radius 3 is 3.00 bits per heavy atom. The second-order valence-corrected chi connectivity index (χ2v) is 5.01. The fourth-order valence-electron chi connectivity index (χ4n) is 1.77. The van der Waals surface area contributed by atoms with E-state index in [9.17, 15) is 0 Å². The fraction of sp³-hybridized carbons (Fsp3) is 0.636. The quantitative estimate of drug-likeness (QED) is 0.779. The fourth-order valence-corrected chi connectivity index (χ4v) is 2.60. The molecule has 1 aliphatic rings. The van der Waals surface area contributed by atoms with E-state index in [1.165, 1.54) is 30.6 Å². The smallest absolute Gasteiger partial charge is 0.00896 e. The molecule has 0 bridgehead atoms. The van der Waals surface area contributed by atoms with Crippen LogP contribution in [0.15, 0.2) is 17.5 Å². The van der Waals surface area contributed by atoms with Crippen molar-refractivity contribution in [1.29, 1.82) is 0 Å². The molecule has 1 heterocycles. The summed E-state index contributed by atoms with van der Waals surface area (Å²) in [6.07, 6.45) is 5.38. The molecule has 1 nitrogen and oxygen atoms in total. The van der Waals surface area contributed by atoms with Crippen molar-refractivity contribution in [2.24, 2.45) is 0 Å². The van der Waals surface area contributed by atoms with Crippen molar-refractivity contribution in [3.63, 3.8) is 0 Å². The van der Waals surface area contributed by atoms with E-state index in [4.69, 9.17) is 0 Å². The molecule has 1 N–H and O–H groups in total. The molecule has 0 amide bonds. The number of nitrogens with one attached hydrogen (secondary N) is 1. The first-order valence-corrected chi connectivity index (χ1v) is 6.01. The Labute approximate surface area is 84.2 Å². The number of rotatable bonds is 4. The average molecular weight is 195 g/mol. The zero-order valence-electron chi connectivity index (χ0n) is 8.12. The molecule has 1 aliphatic carbocycles. The van der Waals surface area contributed by atoms with Crippen LogP contribution in [-0.2, 0) is 6.42 Å². The second-order valence-electron chi connectivity index (χ2n) is 3.98. The molecule has 72 valence electrons. The molecule has 1 fully saturated rings. The average Bonchev–Trinajstić information content (AvgIpc) is 2.49. The molecular formula is C11H17NS. The Hall–Kier alpha value is -0.340. The third-order valence-corrected chi connectivity index (χ3v) is 3.61. The summed E-state index contributed by atoms with van der Waals surface area (Å²) in [7, 11) is 0. The summed E-state index contributed by atoms with van der Waals surface area (Å²) in [4.78, 5) is 1.50. The third kappa shape index (κ3) is 2.55. The first-order chi connectivity index (χ1) is 6.34. The van der Waals surface area contributed by atoms with Gasteiger partial charge in [-0.3, -0.25) is 0 Å². The first-order valence-electron chi connectivity index (χ1n) is 5.13. The largest absolute Gasteiger partial charge is 0.311 e. The van der Waals surface area contributed by atoms with Gasteiger partial charge in [-0.25, -0.2) is 0 Å². The summed E-state index contributed by atoms with van der Waals surface area (Å²) in [5.41, 5.74) is 0. The zero-order valence-corrected chi connectivity index (χ0v) is 8.94. The normalized spacial score (nSPS) is 19.8. The number of hydrogen-bond donors (Lipinski definition) is 1. The minimum absolute atomic E-state index is 0.643. The lowest BCUT2D eigenvalue weighted by Crippen LogP contribution is -2.41. The van der Waals surface area contributed by atoms with Gasteiger partial charge in [0, 0.05) is 17.0 Å². The Morgan fingerprint density at radius 1 is 1.62 bits per heavy atom. The predicted octanol–water partition coefficient (Wildman–Crippen LogP) is 2.82. The Bertz CT molecular complexity index is 239. The minimum Gasteiger partial charge on any atom is -0.311 e. The molecule has 1 atom stereocenters. The van der Waals surface area contributed by atoms with Gasteiger partial charge in [0.1, 0.15) is 0 Å². The lowest BCUT2D eigenvalue weighted by molar-refractivity contribution is 0.310. The van der Waals surface area contributed by atoms with Gasteiger partial charge in [0.15, 0.2) is 0 Å². The van der Waals surface area contributed by atoms with Gasteiger partial charge in [0.25, 0.3) is 0 Å². The zero-order chi connectivity index (χ0) is 9.10. The molecule has 2 rings (SSSR count). The molecule has 1 aromatic heterocycles. The van der Waals surface area contributed by atoms with Crippen LogP contribution in [0.25, 0.3) is 0 Å². The van der Waals surface area contributed by atoms with Crippen LogP contribution in [-0.4, -0.2) is 12.1 Å². The van der Waals surface area contributed by atoms with Crippen molar-refractivity contribution in [3.05, 3.63) is 22.4 Å². The van der Waals surface area contributed by atoms with Crippen LogP contribution in [0.2, 0.25) is 0 Å². The Balaban J connectivity index is 1.74. The summed E-state index contributed by atoms with van der Waals surface area (Å²) in [6.45, 7) is 2.29. The highest BCUT2D eigenvalue weighted by Gasteiger charge is 2.18. The Kier molecular flexibility index (Phi) is 3.01. The van der Waals surface area contributed by atoms with Crippen molar-refractivity contribution >= 4 is 11.3 Å². The lowest BCUT2D eigenvalue weighted by atomic mass is 9.92. The number of hydrogen-bond acceptors (Lipinski definition) is 2. The van der Waals surface area contributed by atoms with Crippen molar-refractivity contribution in [3.8, 4) is 0 Å². The molecule has 1 saturated carbocycles. The van der Waals surface area contributed by atoms with Crippen molar-refractivity contribution < 1.29 is 0 Å². The maximum absolute atomic E-state index is 3.66. The monoisotopic (exact) mass is 195 g/mol. The highest BCUT2D eigenvalue weighted by Crippen LogP contribution is 2.19. The van der Waals surface area contributed by atoms with E-state index >= 15 is 0 Å².